The lowest BCUT2D eigenvalue weighted by atomic mass is 10.1. The molecule has 5 nitrogen and oxygen atoms in total. The fraction of sp³-hybridized carbons (Fsp3) is 0.333. The van der Waals surface area contributed by atoms with Crippen LogP contribution >= 0.6 is 0 Å². The second kappa shape index (κ2) is 9.57. The third-order valence-electron chi connectivity index (χ3n) is 7.03. The third kappa shape index (κ3) is 4.68. The molecule has 1 aliphatic rings. The van der Waals surface area contributed by atoms with Gasteiger partial charge < -0.3 is 14.2 Å². The van der Waals surface area contributed by atoms with Gasteiger partial charge in [-0.3, -0.25) is 4.79 Å². The first-order chi connectivity index (χ1) is 16.9. The number of rotatable bonds is 7. The predicted molar refractivity (Wildman–Crippen MR) is 141 cm³/mol. The SMILES string of the molecule is Cc1cc(C)cc(OCCCn2c(C3CC(=O)N(c4cccc(C)c4C)C3)nc3ccccc32)c1. The topological polar surface area (TPSA) is 47.4 Å². The van der Waals surface area contributed by atoms with Crippen LogP contribution in [0.4, 0.5) is 5.69 Å². The highest BCUT2D eigenvalue weighted by Crippen LogP contribution is 2.35. The Kier molecular flexibility index (Phi) is 6.33. The van der Waals surface area contributed by atoms with Crippen molar-refractivity contribution in [3.05, 3.63) is 88.7 Å². The number of nitrogens with zero attached hydrogens (tertiary/aromatic N) is 3. The Morgan fingerprint density at radius 3 is 2.54 bits per heavy atom. The van der Waals surface area contributed by atoms with E-state index >= 15 is 0 Å². The summed E-state index contributed by atoms with van der Waals surface area (Å²) >= 11 is 0. The van der Waals surface area contributed by atoms with Gasteiger partial charge in [-0.15, -0.1) is 0 Å². The van der Waals surface area contributed by atoms with Crippen molar-refractivity contribution >= 4 is 22.6 Å². The Labute approximate surface area is 207 Å². The first-order valence-electron chi connectivity index (χ1n) is 12.4. The molecule has 4 aromatic rings. The van der Waals surface area contributed by atoms with E-state index in [1.54, 1.807) is 0 Å². The molecule has 1 unspecified atom stereocenters. The second-order valence-electron chi connectivity index (χ2n) is 9.76. The number of benzene rings is 3. The van der Waals surface area contributed by atoms with Crippen molar-refractivity contribution in [1.82, 2.24) is 9.55 Å². The normalized spacial score (nSPS) is 15.8. The summed E-state index contributed by atoms with van der Waals surface area (Å²) in [6.45, 7) is 10.5. The highest BCUT2D eigenvalue weighted by Gasteiger charge is 2.35. The summed E-state index contributed by atoms with van der Waals surface area (Å²) in [4.78, 5) is 20.0. The van der Waals surface area contributed by atoms with Gasteiger partial charge in [0.2, 0.25) is 5.91 Å². The fourth-order valence-corrected chi connectivity index (χ4v) is 5.21. The van der Waals surface area contributed by atoms with Crippen molar-refractivity contribution in [1.29, 1.82) is 0 Å². The van der Waals surface area contributed by atoms with Gasteiger partial charge >= 0.3 is 0 Å². The summed E-state index contributed by atoms with van der Waals surface area (Å²) in [6, 6.07) is 20.7. The number of amides is 1. The summed E-state index contributed by atoms with van der Waals surface area (Å²) in [5.74, 6) is 2.15. The van der Waals surface area contributed by atoms with Crippen LogP contribution in [-0.4, -0.2) is 28.6 Å². The van der Waals surface area contributed by atoms with Gasteiger partial charge in [0.05, 0.1) is 17.6 Å². The molecule has 3 aromatic carbocycles. The molecule has 1 saturated heterocycles. The summed E-state index contributed by atoms with van der Waals surface area (Å²) in [5, 5.41) is 0. The molecule has 2 heterocycles. The van der Waals surface area contributed by atoms with Crippen LogP contribution in [0.5, 0.6) is 5.75 Å². The quantitative estimate of drug-likeness (QED) is 0.301. The van der Waals surface area contributed by atoms with Gasteiger partial charge in [0.15, 0.2) is 0 Å². The zero-order valence-electron chi connectivity index (χ0n) is 21.0. The average Bonchev–Trinajstić information content (AvgIpc) is 3.38. The van der Waals surface area contributed by atoms with Crippen LogP contribution in [-0.2, 0) is 11.3 Å². The Morgan fingerprint density at radius 2 is 1.74 bits per heavy atom. The highest BCUT2D eigenvalue weighted by molar-refractivity contribution is 5.97. The van der Waals surface area contributed by atoms with Crippen molar-refractivity contribution in [2.75, 3.05) is 18.1 Å². The van der Waals surface area contributed by atoms with Crippen molar-refractivity contribution in [3.63, 3.8) is 0 Å². The summed E-state index contributed by atoms with van der Waals surface area (Å²) in [5.41, 5.74) is 7.90. The molecule has 5 rings (SSSR count). The molecular weight excluding hydrogens is 434 g/mol. The standard InChI is InChI=1S/C30H33N3O2/c1-20-15-21(2)17-25(16-20)35-14-8-13-32-28-11-6-5-10-26(28)31-30(32)24-18-29(34)33(19-24)27-12-7-9-22(3)23(27)4/h5-7,9-12,15-17,24H,8,13-14,18-19H2,1-4H3. The van der Waals surface area contributed by atoms with Crippen LogP contribution in [0.25, 0.3) is 11.0 Å². The molecule has 0 spiro atoms. The van der Waals surface area contributed by atoms with E-state index in [9.17, 15) is 4.79 Å². The van der Waals surface area contributed by atoms with Gasteiger partial charge in [-0.1, -0.05) is 30.3 Å². The summed E-state index contributed by atoms with van der Waals surface area (Å²) < 4.78 is 8.36. The smallest absolute Gasteiger partial charge is 0.227 e. The molecular formula is C30H33N3O2. The van der Waals surface area contributed by atoms with Crippen LogP contribution in [0.1, 0.15) is 46.8 Å². The maximum Gasteiger partial charge on any atom is 0.227 e. The first-order valence-corrected chi connectivity index (χ1v) is 12.4. The van der Waals surface area contributed by atoms with Gasteiger partial charge in [0, 0.05) is 31.1 Å². The number of hydrogen-bond acceptors (Lipinski definition) is 3. The first kappa shape index (κ1) is 23.2. The number of aryl methyl sites for hydroxylation is 4. The van der Waals surface area contributed by atoms with Gasteiger partial charge in [-0.05, 0) is 86.7 Å². The molecule has 1 amide bonds. The Bertz CT molecular complexity index is 1370. The van der Waals surface area contributed by atoms with Crippen molar-refractivity contribution in [2.24, 2.45) is 0 Å². The maximum absolute atomic E-state index is 13.1. The zero-order valence-corrected chi connectivity index (χ0v) is 21.0. The zero-order chi connectivity index (χ0) is 24.5. The molecule has 1 aliphatic heterocycles. The van der Waals surface area contributed by atoms with Crippen molar-refractivity contribution in [3.8, 4) is 5.75 Å². The van der Waals surface area contributed by atoms with Gasteiger partial charge in [-0.25, -0.2) is 4.98 Å². The van der Waals surface area contributed by atoms with Crippen LogP contribution in [0.3, 0.4) is 0 Å². The molecule has 0 N–H and O–H groups in total. The number of ether oxygens (including phenoxy) is 1. The van der Waals surface area contributed by atoms with E-state index in [1.165, 1.54) is 22.3 Å². The number of para-hydroxylation sites is 2. The largest absolute Gasteiger partial charge is 0.494 e. The molecule has 0 bridgehead atoms. The van der Waals surface area contributed by atoms with Gasteiger partial charge in [-0.2, -0.15) is 0 Å². The molecule has 1 atom stereocenters. The van der Waals surface area contributed by atoms with E-state index in [2.05, 4.69) is 80.8 Å². The van der Waals surface area contributed by atoms with E-state index in [0.29, 0.717) is 19.6 Å². The average molecular weight is 468 g/mol. The van der Waals surface area contributed by atoms with Gasteiger partial charge in [0.1, 0.15) is 11.6 Å². The molecule has 180 valence electrons. The lowest BCUT2D eigenvalue weighted by Gasteiger charge is -2.20. The molecule has 1 fully saturated rings. The Hall–Kier alpha value is -3.60. The third-order valence-corrected chi connectivity index (χ3v) is 7.03. The number of carbonyl (C=O) groups excluding carboxylic acids is 1. The fourth-order valence-electron chi connectivity index (χ4n) is 5.21. The maximum atomic E-state index is 13.1. The number of hydrogen-bond donors (Lipinski definition) is 0. The van der Waals surface area contributed by atoms with Crippen LogP contribution < -0.4 is 9.64 Å². The number of imidazole rings is 1. The molecule has 0 radical (unpaired) electrons. The molecule has 1 aromatic heterocycles. The highest BCUT2D eigenvalue weighted by atomic mass is 16.5. The Balaban J connectivity index is 1.36. The molecule has 0 aliphatic carbocycles. The summed E-state index contributed by atoms with van der Waals surface area (Å²) in [6.07, 6.45) is 1.34. The predicted octanol–water partition coefficient (Wildman–Crippen LogP) is 6.26. The van der Waals surface area contributed by atoms with Gasteiger partial charge in [0.25, 0.3) is 0 Å². The minimum atomic E-state index is 0.0650. The molecule has 35 heavy (non-hydrogen) atoms. The van der Waals surface area contributed by atoms with E-state index in [1.807, 2.05) is 17.0 Å². The van der Waals surface area contributed by atoms with Crippen LogP contribution in [0, 0.1) is 27.7 Å². The monoisotopic (exact) mass is 467 g/mol. The Morgan fingerprint density at radius 1 is 0.971 bits per heavy atom. The number of carbonyl (C=O) groups is 1. The lowest BCUT2D eigenvalue weighted by molar-refractivity contribution is -0.117. The van der Waals surface area contributed by atoms with Crippen molar-refractivity contribution < 1.29 is 9.53 Å². The number of aromatic nitrogens is 2. The molecule has 5 heteroatoms. The minimum absolute atomic E-state index is 0.0650. The number of fused-ring (bicyclic) bond motifs is 1. The molecule has 0 saturated carbocycles. The van der Waals surface area contributed by atoms with Crippen molar-refractivity contribution in [2.45, 2.75) is 53.0 Å². The summed E-state index contributed by atoms with van der Waals surface area (Å²) in [7, 11) is 0. The second-order valence-corrected chi connectivity index (χ2v) is 9.76. The van der Waals surface area contributed by atoms with E-state index in [4.69, 9.17) is 9.72 Å². The lowest BCUT2D eigenvalue weighted by Crippen LogP contribution is -2.25. The van der Waals surface area contributed by atoms with Crippen LogP contribution in [0.2, 0.25) is 0 Å². The van der Waals surface area contributed by atoms with E-state index in [-0.39, 0.29) is 11.8 Å². The number of anilines is 1. The minimum Gasteiger partial charge on any atom is -0.494 e. The van der Waals surface area contributed by atoms with E-state index in [0.717, 1.165) is 41.3 Å². The van der Waals surface area contributed by atoms with E-state index < -0.39 is 0 Å². The van der Waals surface area contributed by atoms with Crippen LogP contribution in [0.15, 0.2) is 60.7 Å².